The van der Waals surface area contributed by atoms with Gasteiger partial charge in [-0.2, -0.15) is 13.2 Å². The van der Waals surface area contributed by atoms with Gasteiger partial charge in [0, 0.05) is 43.9 Å². The highest BCUT2D eigenvalue weighted by atomic mass is 19.4. The number of benzene rings is 3. The summed E-state index contributed by atoms with van der Waals surface area (Å²) >= 11 is 0. The number of hydrogen-bond donors (Lipinski definition) is 0. The Morgan fingerprint density at radius 2 is 1.40 bits per heavy atom. The van der Waals surface area contributed by atoms with Crippen LogP contribution in [0.1, 0.15) is 91.1 Å². The molecule has 0 aromatic heterocycles. The molecule has 3 aromatic rings. The summed E-state index contributed by atoms with van der Waals surface area (Å²) in [6, 6.07) is 16.0. The Bertz CT molecular complexity index is 1760. The van der Waals surface area contributed by atoms with Gasteiger partial charge < -0.3 is 24.0 Å². The third-order valence-corrected chi connectivity index (χ3v) is 9.59. The fraction of sp³-hybridized carbons (Fsp3) is 0.500. The Morgan fingerprint density at radius 3 is 2.02 bits per heavy atom. The van der Waals surface area contributed by atoms with Crippen molar-refractivity contribution in [2.45, 2.75) is 77.2 Å². The first kappa shape index (κ1) is 39.6. The second-order valence-electron chi connectivity index (χ2n) is 14.5. The van der Waals surface area contributed by atoms with Crippen LogP contribution in [0.5, 0.6) is 0 Å². The zero-order valence-electron chi connectivity index (χ0n) is 30.7. The van der Waals surface area contributed by atoms with Crippen LogP contribution in [0, 0.1) is 0 Å². The third kappa shape index (κ3) is 10.3. The predicted molar refractivity (Wildman–Crippen MR) is 193 cm³/mol. The van der Waals surface area contributed by atoms with Crippen molar-refractivity contribution in [3.63, 3.8) is 0 Å². The largest absolute Gasteiger partial charge is 0.465 e. The zero-order valence-corrected chi connectivity index (χ0v) is 30.7. The number of likely N-dealkylation sites (tertiary alicyclic amines) is 2. The van der Waals surface area contributed by atoms with E-state index in [2.05, 4.69) is 0 Å². The highest BCUT2D eigenvalue weighted by Gasteiger charge is 2.34. The molecule has 0 bridgehead atoms. The molecule has 0 spiro atoms. The van der Waals surface area contributed by atoms with E-state index in [0.717, 1.165) is 11.6 Å². The van der Waals surface area contributed by atoms with Crippen LogP contribution >= 0.6 is 0 Å². The van der Waals surface area contributed by atoms with Crippen LogP contribution in [0.15, 0.2) is 60.7 Å². The fourth-order valence-corrected chi connectivity index (χ4v) is 6.89. The molecule has 0 atom stereocenters. The summed E-state index contributed by atoms with van der Waals surface area (Å²) in [6.45, 7) is 9.27. The topological polar surface area (TPSA) is 106 Å². The Hall–Kier alpha value is -4.65. The lowest BCUT2D eigenvalue weighted by Crippen LogP contribution is -2.43. The third-order valence-electron chi connectivity index (χ3n) is 9.59. The maximum atomic E-state index is 13.6. The fourth-order valence-electron chi connectivity index (χ4n) is 6.89. The molecular weight excluding hydrogens is 691 g/mol. The number of ether oxygens (including phenoxy) is 3. The van der Waals surface area contributed by atoms with Gasteiger partial charge in [-0.3, -0.25) is 19.3 Å². The van der Waals surface area contributed by atoms with E-state index in [1.807, 2.05) is 24.3 Å². The van der Waals surface area contributed by atoms with E-state index in [0.29, 0.717) is 62.8 Å². The van der Waals surface area contributed by atoms with Gasteiger partial charge in [0.1, 0.15) is 12.1 Å². The van der Waals surface area contributed by atoms with Crippen LogP contribution in [0.25, 0.3) is 10.8 Å². The second kappa shape index (κ2) is 17.0. The van der Waals surface area contributed by atoms with Gasteiger partial charge in [-0.15, -0.1) is 0 Å². The van der Waals surface area contributed by atoms with Crippen LogP contribution < -0.4 is 0 Å². The van der Waals surface area contributed by atoms with Crippen molar-refractivity contribution in [2.24, 2.45) is 0 Å². The van der Waals surface area contributed by atoms with E-state index in [9.17, 15) is 32.3 Å². The highest BCUT2D eigenvalue weighted by molar-refractivity contribution is 6.08. The number of alkyl halides is 3. The van der Waals surface area contributed by atoms with Gasteiger partial charge >= 0.3 is 18.2 Å². The molecule has 5 rings (SSSR count). The lowest BCUT2D eigenvalue weighted by Gasteiger charge is -2.33. The summed E-state index contributed by atoms with van der Waals surface area (Å²) < 4.78 is 57.3. The summed E-state index contributed by atoms with van der Waals surface area (Å²) in [4.78, 5) is 56.3. The molecule has 0 radical (unpaired) electrons. The molecule has 0 N–H and O–H groups in total. The van der Waals surface area contributed by atoms with E-state index in [-0.39, 0.29) is 61.1 Å². The molecule has 0 aliphatic carbocycles. The van der Waals surface area contributed by atoms with Crippen molar-refractivity contribution in [1.82, 2.24) is 14.7 Å². The number of halogens is 3. The second-order valence-corrected chi connectivity index (χ2v) is 14.5. The summed E-state index contributed by atoms with van der Waals surface area (Å²) in [5, 5.41) is 0.307. The van der Waals surface area contributed by atoms with Gasteiger partial charge in [-0.25, -0.2) is 4.79 Å². The van der Waals surface area contributed by atoms with Crippen LogP contribution in [-0.4, -0.2) is 103 Å². The predicted octanol–water partition coefficient (Wildman–Crippen LogP) is 7.30. The van der Waals surface area contributed by atoms with Crippen LogP contribution in [-0.2, 0) is 25.2 Å². The number of piperidine rings is 2. The van der Waals surface area contributed by atoms with Crippen LogP contribution in [0.2, 0.25) is 0 Å². The minimum atomic E-state index is -4.52. The Morgan fingerprint density at radius 1 is 0.792 bits per heavy atom. The molecule has 2 heterocycles. The SMILES string of the molecule is CCOC(=O)CN(CCOC1CCN(C(=O)c2ccc(C3CCN(C(=O)c4cccc5c(C(F)(F)F)cccc45)CC3)cc2)CC1)C(=O)OC(C)(C)C. The number of amides is 3. The Balaban J connectivity index is 1.09. The zero-order chi connectivity index (χ0) is 38.3. The normalized spacial score (nSPS) is 16.1. The maximum absolute atomic E-state index is 13.6. The van der Waals surface area contributed by atoms with Crippen molar-refractivity contribution < 1.29 is 46.6 Å². The van der Waals surface area contributed by atoms with Crippen LogP contribution in [0.3, 0.4) is 0 Å². The lowest BCUT2D eigenvalue weighted by molar-refractivity contribution is -0.144. The Labute approximate surface area is 308 Å². The summed E-state index contributed by atoms with van der Waals surface area (Å²) in [6.07, 6.45) is -2.57. The lowest BCUT2D eigenvalue weighted by atomic mass is 9.88. The van der Waals surface area contributed by atoms with Crippen molar-refractivity contribution in [2.75, 3.05) is 52.5 Å². The standard InChI is InChI=1S/C40H48F3N3O7/c1-5-51-35(47)26-46(38(50)53-39(2,3)4)24-25-52-30-18-22-44(23-19-30)36(48)29-14-12-27(13-15-29)28-16-20-45(21-17-28)37(49)33-10-6-9-32-31(33)8-7-11-34(32)40(41,42)43/h6-15,28,30H,5,16-26H2,1-4H3. The number of fused-ring (bicyclic) bond motifs is 1. The van der Waals surface area contributed by atoms with Crippen molar-refractivity contribution in [1.29, 1.82) is 0 Å². The maximum Gasteiger partial charge on any atom is 0.417 e. The van der Waals surface area contributed by atoms with Gasteiger partial charge in [0.2, 0.25) is 0 Å². The molecule has 2 fully saturated rings. The average Bonchev–Trinajstić information content (AvgIpc) is 3.13. The number of rotatable bonds is 10. The number of carbonyl (C=O) groups is 4. The van der Waals surface area contributed by atoms with Crippen molar-refractivity contribution >= 4 is 34.6 Å². The molecule has 286 valence electrons. The quantitative estimate of drug-likeness (QED) is 0.201. The molecule has 53 heavy (non-hydrogen) atoms. The van der Waals surface area contributed by atoms with Crippen LogP contribution in [0.4, 0.5) is 18.0 Å². The molecular formula is C40H48F3N3O7. The summed E-state index contributed by atoms with van der Waals surface area (Å²) in [5.74, 6) is -0.683. The monoisotopic (exact) mass is 739 g/mol. The number of carbonyl (C=O) groups excluding carboxylic acids is 4. The minimum absolute atomic E-state index is 0.0145. The van der Waals surface area contributed by atoms with E-state index in [1.54, 1.807) is 49.6 Å². The molecule has 10 nitrogen and oxygen atoms in total. The number of esters is 1. The van der Waals surface area contributed by atoms with Crippen molar-refractivity contribution in [3.8, 4) is 0 Å². The number of nitrogens with zero attached hydrogens (tertiary/aromatic N) is 3. The highest BCUT2D eigenvalue weighted by Crippen LogP contribution is 2.36. The van der Waals surface area contributed by atoms with E-state index in [4.69, 9.17) is 14.2 Å². The molecule has 2 aliphatic rings. The Kier molecular flexibility index (Phi) is 12.7. The van der Waals surface area contributed by atoms with Gasteiger partial charge in [-0.1, -0.05) is 36.4 Å². The molecule has 0 unspecified atom stereocenters. The molecule has 2 aliphatic heterocycles. The van der Waals surface area contributed by atoms with Gasteiger partial charge in [-0.05, 0) is 99.9 Å². The van der Waals surface area contributed by atoms with Gasteiger partial charge in [0.15, 0.2) is 0 Å². The summed E-state index contributed by atoms with van der Waals surface area (Å²) in [7, 11) is 0. The first-order chi connectivity index (χ1) is 25.1. The van der Waals surface area contributed by atoms with Gasteiger partial charge in [0.25, 0.3) is 11.8 Å². The molecule has 3 aromatic carbocycles. The minimum Gasteiger partial charge on any atom is -0.465 e. The molecule has 2 saturated heterocycles. The molecule has 0 saturated carbocycles. The van der Waals surface area contributed by atoms with Crippen molar-refractivity contribution in [3.05, 3.63) is 82.9 Å². The number of hydrogen-bond acceptors (Lipinski definition) is 7. The van der Waals surface area contributed by atoms with E-state index >= 15 is 0 Å². The first-order valence-corrected chi connectivity index (χ1v) is 18.2. The van der Waals surface area contributed by atoms with E-state index in [1.165, 1.54) is 23.1 Å². The molecule has 13 heteroatoms. The van der Waals surface area contributed by atoms with E-state index < -0.39 is 29.4 Å². The first-order valence-electron chi connectivity index (χ1n) is 18.2. The van der Waals surface area contributed by atoms with Gasteiger partial charge in [0.05, 0.1) is 24.9 Å². The summed E-state index contributed by atoms with van der Waals surface area (Å²) in [5.41, 5.74) is 0.449. The smallest absolute Gasteiger partial charge is 0.417 e. The molecule has 3 amide bonds. The average molecular weight is 740 g/mol.